The molecule has 1 amide bonds. The zero-order valence-corrected chi connectivity index (χ0v) is 21.7. The van der Waals surface area contributed by atoms with Crippen LogP contribution in [-0.2, 0) is 16.0 Å². The lowest BCUT2D eigenvalue weighted by atomic mass is 10.0. The molecule has 8 nitrogen and oxygen atoms in total. The molecule has 3 heterocycles. The van der Waals surface area contributed by atoms with Gasteiger partial charge in [0, 0.05) is 56.2 Å². The van der Waals surface area contributed by atoms with E-state index in [0.29, 0.717) is 38.7 Å². The number of morpholine rings is 1. The van der Waals surface area contributed by atoms with Gasteiger partial charge in [-0.1, -0.05) is 36.4 Å². The molecule has 1 aromatic heterocycles. The SMILES string of the molecule is CN1CCN(c2ccc(Nc3nc4cccc(-c5ccc(CC(=O)N6CCOCC6)cc5)c4o3)cc2)CC1. The van der Waals surface area contributed by atoms with Crippen LogP contribution >= 0.6 is 0 Å². The van der Waals surface area contributed by atoms with Crippen LogP contribution in [0.5, 0.6) is 0 Å². The van der Waals surface area contributed by atoms with E-state index in [0.717, 1.165) is 59.7 Å². The smallest absolute Gasteiger partial charge is 0.300 e. The van der Waals surface area contributed by atoms with Crippen molar-refractivity contribution in [1.82, 2.24) is 14.8 Å². The summed E-state index contributed by atoms with van der Waals surface area (Å²) in [6.07, 6.45) is 0.397. The number of piperazine rings is 1. The number of rotatable bonds is 6. The highest BCUT2D eigenvalue weighted by molar-refractivity contribution is 5.91. The zero-order valence-electron chi connectivity index (χ0n) is 21.7. The highest BCUT2D eigenvalue weighted by Gasteiger charge is 2.18. The number of carbonyl (C=O) groups is 1. The normalized spacial score (nSPS) is 16.7. The minimum Gasteiger partial charge on any atom is -0.423 e. The number of fused-ring (bicyclic) bond motifs is 1. The van der Waals surface area contributed by atoms with Crippen LogP contribution in [0.25, 0.3) is 22.2 Å². The highest BCUT2D eigenvalue weighted by atomic mass is 16.5. The Morgan fingerprint density at radius 2 is 1.63 bits per heavy atom. The molecule has 2 aliphatic rings. The quantitative estimate of drug-likeness (QED) is 0.412. The molecule has 0 aliphatic carbocycles. The molecule has 0 saturated carbocycles. The average Bonchev–Trinajstić information content (AvgIpc) is 3.37. The Labute approximate surface area is 222 Å². The number of nitrogens with one attached hydrogen (secondary N) is 1. The first-order chi connectivity index (χ1) is 18.6. The summed E-state index contributed by atoms with van der Waals surface area (Å²) in [5.41, 5.74) is 6.70. The number of oxazole rings is 1. The zero-order chi connectivity index (χ0) is 25.9. The van der Waals surface area contributed by atoms with Crippen LogP contribution in [-0.4, -0.2) is 80.2 Å². The molecular weight excluding hydrogens is 478 g/mol. The lowest BCUT2D eigenvalue weighted by Crippen LogP contribution is -2.44. The molecule has 0 bridgehead atoms. The standard InChI is InChI=1S/C30H33N5O3/c1-33-13-15-34(16-14-33)25-11-9-24(10-12-25)31-30-32-27-4-2-3-26(29(27)38-30)23-7-5-22(6-8-23)21-28(36)35-17-19-37-20-18-35/h2-12H,13-21H2,1H3,(H,31,32). The van der Waals surface area contributed by atoms with Gasteiger partial charge in [0.15, 0.2) is 5.58 Å². The first kappa shape index (κ1) is 24.5. The largest absolute Gasteiger partial charge is 0.423 e. The van der Waals surface area contributed by atoms with Crippen LogP contribution in [0.1, 0.15) is 5.56 Å². The number of nitrogens with zero attached hydrogens (tertiary/aromatic N) is 4. The predicted molar refractivity (Wildman–Crippen MR) is 150 cm³/mol. The minimum absolute atomic E-state index is 0.144. The van der Waals surface area contributed by atoms with Gasteiger partial charge in [0.2, 0.25) is 5.91 Å². The van der Waals surface area contributed by atoms with E-state index in [1.807, 2.05) is 47.4 Å². The second-order valence-corrected chi connectivity index (χ2v) is 10.0. The van der Waals surface area contributed by atoms with Crippen molar-refractivity contribution in [2.24, 2.45) is 0 Å². The molecule has 0 unspecified atom stereocenters. The third-order valence-corrected chi connectivity index (χ3v) is 7.39. The Balaban J connectivity index is 1.15. The van der Waals surface area contributed by atoms with E-state index in [-0.39, 0.29) is 5.91 Å². The van der Waals surface area contributed by atoms with Gasteiger partial charge >= 0.3 is 0 Å². The Kier molecular flexibility index (Phi) is 6.98. The molecule has 4 aromatic rings. The molecule has 196 valence electrons. The minimum atomic E-state index is 0.144. The van der Waals surface area contributed by atoms with Crippen molar-refractivity contribution in [2.75, 3.05) is 69.7 Å². The van der Waals surface area contributed by atoms with Crippen molar-refractivity contribution in [3.05, 3.63) is 72.3 Å². The summed E-state index contributed by atoms with van der Waals surface area (Å²) in [5.74, 6) is 0.144. The van der Waals surface area contributed by atoms with E-state index in [2.05, 4.69) is 51.4 Å². The van der Waals surface area contributed by atoms with Gasteiger partial charge in [-0.25, -0.2) is 0 Å². The average molecular weight is 512 g/mol. The predicted octanol–water partition coefficient (Wildman–Crippen LogP) is 4.39. The topological polar surface area (TPSA) is 74.1 Å². The molecule has 38 heavy (non-hydrogen) atoms. The number of amides is 1. The van der Waals surface area contributed by atoms with Crippen molar-refractivity contribution in [1.29, 1.82) is 0 Å². The van der Waals surface area contributed by atoms with E-state index < -0.39 is 0 Å². The van der Waals surface area contributed by atoms with Crippen molar-refractivity contribution in [3.63, 3.8) is 0 Å². The van der Waals surface area contributed by atoms with E-state index in [1.165, 1.54) is 5.69 Å². The Morgan fingerprint density at radius 3 is 2.37 bits per heavy atom. The van der Waals surface area contributed by atoms with Crippen LogP contribution in [0.4, 0.5) is 17.4 Å². The van der Waals surface area contributed by atoms with Crippen LogP contribution in [0.15, 0.2) is 71.1 Å². The Hall–Kier alpha value is -3.88. The fraction of sp³-hybridized carbons (Fsp3) is 0.333. The first-order valence-corrected chi connectivity index (χ1v) is 13.3. The number of para-hydroxylation sites is 1. The van der Waals surface area contributed by atoms with Crippen LogP contribution in [0.2, 0.25) is 0 Å². The van der Waals surface area contributed by atoms with Crippen LogP contribution in [0, 0.1) is 0 Å². The van der Waals surface area contributed by atoms with Gasteiger partial charge in [-0.15, -0.1) is 0 Å². The maximum atomic E-state index is 12.6. The van der Waals surface area contributed by atoms with Gasteiger partial charge in [-0.05, 0) is 48.5 Å². The van der Waals surface area contributed by atoms with Gasteiger partial charge in [0.1, 0.15) is 5.52 Å². The lowest BCUT2D eigenvalue weighted by molar-refractivity contribution is -0.134. The van der Waals surface area contributed by atoms with Crippen molar-refractivity contribution >= 4 is 34.4 Å². The molecule has 2 saturated heterocycles. The molecular formula is C30H33N5O3. The third kappa shape index (κ3) is 5.37. The second kappa shape index (κ2) is 10.8. The molecule has 8 heteroatoms. The summed E-state index contributed by atoms with van der Waals surface area (Å²) in [6, 6.07) is 23.0. The molecule has 2 aliphatic heterocycles. The number of aromatic nitrogens is 1. The van der Waals surface area contributed by atoms with Crippen molar-refractivity contribution in [3.8, 4) is 11.1 Å². The fourth-order valence-electron chi connectivity index (χ4n) is 5.07. The molecule has 0 radical (unpaired) electrons. The van der Waals surface area contributed by atoms with E-state index >= 15 is 0 Å². The lowest BCUT2D eigenvalue weighted by Gasteiger charge is -2.34. The van der Waals surface area contributed by atoms with E-state index in [1.54, 1.807) is 0 Å². The summed E-state index contributed by atoms with van der Waals surface area (Å²) in [5, 5.41) is 3.32. The van der Waals surface area contributed by atoms with Gasteiger partial charge in [-0.2, -0.15) is 4.98 Å². The third-order valence-electron chi connectivity index (χ3n) is 7.39. The number of anilines is 3. The number of likely N-dealkylation sites (N-methyl/N-ethyl adjacent to an activating group) is 1. The number of hydrogen-bond donors (Lipinski definition) is 1. The molecule has 1 N–H and O–H groups in total. The van der Waals surface area contributed by atoms with Gasteiger partial charge in [0.05, 0.1) is 19.6 Å². The molecule has 3 aromatic carbocycles. The number of hydrogen-bond acceptors (Lipinski definition) is 7. The highest BCUT2D eigenvalue weighted by Crippen LogP contribution is 2.32. The second-order valence-electron chi connectivity index (χ2n) is 10.0. The summed E-state index contributed by atoms with van der Waals surface area (Å²) < 4.78 is 11.5. The Bertz CT molecular complexity index is 1390. The van der Waals surface area contributed by atoms with Crippen molar-refractivity contribution < 1.29 is 13.9 Å². The molecule has 0 atom stereocenters. The first-order valence-electron chi connectivity index (χ1n) is 13.3. The van der Waals surface area contributed by atoms with Gasteiger partial charge < -0.3 is 29.2 Å². The van der Waals surface area contributed by atoms with Crippen molar-refractivity contribution in [2.45, 2.75) is 6.42 Å². The van der Waals surface area contributed by atoms with Gasteiger partial charge in [0.25, 0.3) is 6.01 Å². The molecule has 2 fully saturated rings. The summed E-state index contributed by atoms with van der Waals surface area (Å²) in [4.78, 5) is 23.9. The maximum Gasteiger partial charge on any atom is 0.300 e. The van der Waals surface area contributed by atoms with Crippen LogP contribution in [0.3, 0.4) is 0 Å². The molecule has 6 rings (SSSR count). The monoisotopic (exact) mass is 511 g/mol. The maximum absolute atomic E-state index is 12.6. The van der Waals surface area contributed by atoms with Gasteiger partial charge in [-0.3, -0.25) is 4.79 Å². The summed E-state index contributed by atoms with van der Waals surface area (Å²) >= 11 is 0. The molecule has 0 spiro atoms. The summed E-state index contributed by atoms with van der Waals surface area (Å²) in [6.45, 7) is 6.82. The summed E-state index contributed by atoms with van der Waals surface area (Å²) in [7, 11) is 2.17. The fourth-order valence-corrected chi connectivity index (χ4v) is 5.07. The van der Waals surface area contributed by atoms with Crippen LogP contribution < -0.4 is 10.2 Å². The van der Waals surface area contributed by atoms with E-state index in [9.17, 15) is 4.79 Å². The number of carbonyl (C=O) groups excluding carboxylic acids is 1. The van der Waals surface area contributed by atoms with E-state index in [4.69, 9.17) is 9.15 Å². The number of ether oxygens (including phenoxy) is 1. The number of benzene rings is 3. The Morgan fingerprint density at radius 1 is 0.895 bits per heavy atom.